The topological polar surface area (TPSA) is 65.4 Å². The Hall–Kier alpha value is -3.20. The van der Waals surface area contributed by atoms with Crippen LogP contribution in [0.1, 0.15) is 5.56 Å². The van der Waals surface area contributed by atoms with Crippen molar-refractivity contribution in [1.29, 1.82) is 0 Å². The third-order valence-electron chi connectivity index (χ3n) is 3.82. The van der Waals surface area contributed by atoms with Gasteiger partial charge in [-0.05, 0) is 36.4 Å². The maximum atomic E-state index is 12.3. The van der Waals surface area contributed by atoms with Gasteiger partial charge in [-0.2, -0.15) is 18.3 Å². The van der Waals surface area contributed by atoms with Crippen LogP contribution >= 0.6 is 11.6 Å². The molecule has 0 atom stereocenters. The summed E-state index contributed by atoms with van der Waals surface area (Å²) in [6, 6.07) is 12.9. The van der Waals surface area contributed by atoms with E-state index in [4.69, 9.17) is 21.1 Å². The highest BCUT2D eigenvalue weighted by Gasteiger charge is 2.29. The van der Waals surface area contributed by atoms with Crippen LogP contribution in [0.25, 0.3) is 5.69 Å². The normalized spacial score (nSPS) is 11.2. The second kappa shape index (κ2) is 9.53. The lowest BCUT2D eigenvalue weighted by Gasteiger charge is -2.13. The van der Waals surface area contributed by atoms with E-state index in [1.165, 1.54) is 18.2 Å². The highest BCUT2D eigenvalue weighted by molar-refractivity contribution is 6.30. The largest absolute Gasteiger partial charge is 0.480 e. The van der Waals surface area contributed by atoms with Gasteiger partial charge in [0, 0.05) is 23.3 Å². The molecular formula is C20H17ClF3N3O3. The van der Waals surface area contributed by atoms with Crippen LogP contribution in [-0.2, 0) is 11.3 Å². The Morgan fingerprint density at radius 1 is 1.07 bits per heavy atom. The predicted molar refractivity (Wildman–Crippen MR) is 104 cm³/mol. The van der Waals surface area contributed by atoms with E-state index >= 15 is 0 Å². The Morgan fingerprint density at radius 3 is 2.40 bits per heavy atom. The molecule has 0 radical (unpaired) electrons. The Balaban J connectivity index is 1.50. The molecule has 0 fully saturated rings. The van der Waals surface area contributed by atoms with Gasteiger partial charge in [0.1, 0.15) is 0 Å². The van der Waals surface area contributed by atoms with Gasteiger partial charge in [-0.25, -0.2) is 4.68 Å². The van der Waals surface area contributed by atoms with Crippen molar-refractivity contribution < 1.29 is 27.4 Å². The van der Waals surface area contributed by atoms with Crippen molar-refractivity contribution >= 4 is 17.5 Å². The third-order valence-corrected chi connectivity index (χ3v) is 4.07. The maximum absolute atomic E-state index is 12.3. The van der Waals surface area contributed by atoms with Crippen molar-refractivity contribution in [2.45, 2.75) is 12.7 Å². The molecule has 1 N–H and O–H groups in total. The highest BCUT2D eigenvalue weighted by atomic mass is 35.5. The van der Waals surface area contributed by atoms with E-state index in [0.717, 1.165) is 11.3 Å². The molecule has 158 valence electrons. The van der Waals surface area contributed by atoms with Crippen molar-refractivity contribution in [3.05, 3.63) is 71.5 Å². The van der Waals surface area contributed by atoms with Crippen molar-refractivity contribution in [2.24, 2.45) is 0 Å². The van der Waals surface area contributed by atoms with Gasteiger partial charge in [-0.3, -0.25) is 4.79 Å². The zero-order valence-electron chi connectivity index (χ0n) is 15.5. The first kappa shape index (κ1) is 21.5. The summed E-state index contributed by atoms with van der Waals surface area (Å²) >= 11 is 5.86. The van der Waals surface area contributed by atoms with E-state index in [9.17, 15) is 18.0 Å². The molecule has 1 aromatic heterocycles. The predicted octanol–water partition coefficient (Wildman–Crippen LogP) is 4.16. The third kappa shape index (κ3) is 6.41. The number of benzene rings is 2. The average molecular weight is 440 g/mol. The van der Waals surface area contributed by atoms with Gasteiger partial charge >= 0.3 is 6.18 Å². The van der Waals surface area contributed by atoms with Gasteiger partial charge in [0.2, 0.25) is 0 Å². The van der Waals surface area contributed by atoms with Crippen LogP contribution < -0.4 is 14.8 Å². The standard InChI is InChI=1S/C20H17ClF3N3O3/c21-15-5-7-16(8-6-15)27-11-14(10-26-27)9-25-19(28)12-29-17-3-1-2-4-18(17)30-13-20(22,23)24/h1-8,10-11H,9,12-13H2,(H,25,28). The minimum absolute atomic E-state index is 0.0486. The first-order valence-corrected chi connectivity index (χ1v) is 9.15. The lowest BCUT2D eigenvalue weighted by Crippen LogP contribution is -2.28. The van der Waals surface area contributed by atoms with Crippen molar-refractivity contribution in [2.75, 3.05) is 13.2 Å². The highest BCUT2D eigenvalue weighted by Crippen LogP contribution is 2.28. The number of carbonyl (C=O) groups excluding carboxylic acids is 1. The summed E-state index contributed by atoms with van der Waals surface area (Å²) in [7, 11) is 0. The molecule has 0 aliphatic rings. The minimum Gasteiger partial charge on any atom is -0.480 e. The molecule has 0 saturated heterocycles. The van der Waals surface area contributed by atoms with Crippen molar-refractivity contribution in [3.8, 4) is 17.2 Å². The molecule has 3 rings (SSSR count). The Morgan fingerprint density at radius 2 is 1.73 bits per heavy atom. The molecule has 6 nitrogen and oxygen atoms in total. The number of amides is 1. The van der Waals surface area contributed by atoms with E-state index in [-0.39, 0.29) is 24.7 Å². The van der Waals surface area contributed by atoms with E-state index in [0.29, 0.717) is 5.02 Å². The number of alkyl halides is 3. The molecule has 2 aromatic carbocycles. The lowest BCUT2D eigenvalue weighted by molar-refractivity contribution is -0.153. The minimum atomic E-state index is -4.47. The van der Waals surface area contributed by atoms with Gasteiger partial charge in [0.25, 0.3) is 5.91 Å². The first-order valence-electron chi connectivity index (χ1n) is 8.78. The molecule has 0 aliphatic heterocycles. The number of rotatable bonds is 8. The molecule has 0 spiro atoms. The first-order chi connectivity index (χ1) is 14.3. The smallest absolute Gasteiger partial charge is 0.422 e. The van der Waals surface area contributed by atoms with Crippen LogP contribution in [0.3, 0.4) is 0 Å². The molecule has 0 unspecified atom stereocenters. The number of hydrogen-bond donors (Lipinski definition) is 1. The summed E-state index contributed by atoms with van der Waals surface area (Å²) in [4.78, 5) is 12.0. The fraction of sp³-hybridized carbons (Fsp3) is 0.200. The average Bonchev–Trinajstić information content (AvgIpc) is 3.19. The number of carbonyl (C=O) groups is 1. The number of nitrogens with one attached hydrogen (secondary N) is 1. The number of nitrogens with zero attached hydrogens (tertiary/aromatic N) is 2. The fourth-order valence-electron chi connectivity index (χ4n) is 2.43. The molecule has 10 heteroatoms. The van der Waals surface area contributed by atoms with Crippen molar-refractivity contribution in [1.82, 2.24) is 15.1 Å². The van der Waals surface area contributed by atoms with Crippen LogP contribution in [-0.4, -0.2) is 35.1 Å². The van der Waals surface area contributed by atoms with Gasteiger partial charge in [0.05, 0.1) is 11.9 Å². The zero-order chi connectivity index (χ0) is 21.6. The van der Waals surface area contributed by atoms with Crippen LogP contribution in [0, 0.1) is 0 Å². The van der Waals surface area contributed by atoms with Crippen molar-refractivity contribution in [3.63, 3.8) is 0 Å². The van der Waals surface area contributed by atoms with Gasteiger partial charge in [0.15, 0.2) is 24.7 Å². The van der Waals surface area contributed by atoms with Gasteiger partial charge < -0.3 is 14.8 Å². The van der Waals surface area contributed by atoms with Crippen LogP contribution in [0.2, 0.25) is 5.02 Å². The summed E-state index contributed by atoms with van der Waals surface area (Å²) in [6.07, 6.45) is -1.11. The number of para-hydroxylation sites is 2. The van der Waals surface area contributed by atoms with E-state index in [1.807, 2.05) is 12.1 Å². The van der Waals surface area contributed by atoms with E-state index in [2.05, 4.69) is 10.4 Å². The Labute approximate surface area is 175 Å². The van der Waals surface area contributed by atoms with Gasteiger partial charge in [-0.1, -0.05) is 23.7 Å². The summed E-state index contributed by atoms with van der Waals surface area (Å²) in [6.45, 7) is -1.61. The molecule has 1 amide bonds. The summed E-state index contributed by atoms with van der Waals surface area (Å²) in [5.74, 6) is -0.487. The van der Waals surface area contributed by atoms with Crippen LogP contribution in [0.4, 0.5) is 13.2 Å². The molecule has 1 heterocycles. The molecule has 30 heavy (non-hydrogen) atoms. The fourth-order valence-corrected chi connectivity index (χ4v) is 2.56. The second-order valence-corrected chi connectivity index (χ2v) is 6.62. The molecule has 0 aliphatic carbocycles. The number of aromatic nitrogens is 2. The van der Waals surface area contributed by atoms with Crippen LogP contribution in [0.5, 0.6) is 11.5 Å². The monoisotopic (exact) mass is 439 g/mol. The quantitative estimate of drug-likeness (QED) is 0.572. The maximum Gasteiger partial charge on any atom is 0.422 e. The number of hydrogen-bond acceptors (Lipinski definition) is 4. The lowest BCUT2D eigenvalue weighted by atomic mass is 10.3. The van der Waals surface area contributed by atoms with Gasteiger partial charge in [-0.15, -0.1) is 0 Å². The Bertz CT molecular complexity index is 991. The van der Waals surface area contributed by atoms with Crippen LogP contribution in [0.15, 0.2) is 60.9 Å². The number of ether oxygens (including phenoxy) is 2. The van der Waals surface area contributed by atoms with E-state index < -0.39 is 18.7 Å². The van der Waals surface area contributed by atoms with E-state index in [1.54, 1.807) is 35.3 Å². The zero-order valence-corrected chi connectivity index (χ0v) is 16.3. The summed E-state index contributed by atoms with van der Waals surface area (Å²) in [5.41, 5.74) is 1.57. The number of halogens is 4. The molecule has 0 bridgehead atoms. The molecule has 3 aromatic rings. The second-order valence-electron chi connectivity index (χ2n) is 6.19. The summed E-state index contributed by atoms with van der Waals surface area (Å²) in [5, 5.41) is 7.50. The SMILES string of the molecule is O=C(COc1ccccc1OCC(F)(F)F)NCc1cnn(-c2ccc(Cl)cc2)c1. The summed E-state index contributed by atoms with van der Waals surface area (Å²) < 4.78 is 48.7. The molecular weight excluding hydrogens is 423 g/mol. The Kier molecular flexibility index (Phi) is 6.83. The molecule has 0 saturated carbocycles.